The van der Waals surface area contributed by atoms with Gasteiger partial charge in [-0.1, -0.05) is 51.1 Å². The molecule has 0 spiro atoms. The minimum absolute atomic E-state index is 0.0399. The first-order valence-corrected chi connectivity index (χ1v) is 13.8. The highest BCUT2D eigenvalue weighted by molar-refractivity contribution is 6.04. The number of benzene rings is 1. The zero-order valence-electron chi connectivity index (χ0n) is 22.9. The lowest BCUT2D eigenvalue weighted by molar-refractivity contribution is -0.187. The van der Waals surface area contributed by atoms with Gasteiger partial charge in [-0.15, -0.1) is 0 Å². The summed E-state index contributed by atoms with van der Waals surface area (Å²) in [7, 11) is 0. The summed E-state index contributed by atoms with van der Waals surface area (Å²) in [6.45, 7) is 7.27. The molecule has 1 aromatic heterocycles. The maximum absolute atomic E-state index is 13.5. The smallest absolute Gasteiger partial charge is 0.323 e. The number of hydrogen-bond acceptors (Lipinski definition) is 7. The molecule has 39 heavy (non-hydrogen) atoms. The number of H-pyrrole nitrogens is 1. The number of fused-ring (bicyclic) bond motifs is 6. The van der Waals surface area contributed by atoms with Crippen LogP contribution in [0.2, 0.25) is 0 Å². The number of nitrogens with one attached hydrogen (secondary N) is 1. The van der Waals surface area contributed by atoms with Crippen LogP contribution in [0.25, 0.3) is 10.9 Å². The van der Waals surface area contributed by atoms with Gasteiger partial charge in [-0.05, 0) is 42.0 Å². The standard InChI is InChI=1S/C31H38N2O6/c1-16-9-24-29(37,26(16)35)13-18(15-34)10-21-25-28(3,4)30(25,12-17(2)31(21,24)38)39-27(36)22(32)11-19-14-33-23-8-6-5-7-20(19)23/h5-10,14,17,21-22,24-25,33-34,37-38H,11-13,15,32H2,1-4H3/t17-,21+,22-,24-,25+,29-,30+,31-/m1/s1. The van der Waals surface area contributed by atoms with E-state index >= 15 is 0 Å². The van der Waals surface area contributed by atoms with E-state index in [9.17, 15) is 24.9 Å². The molecule has 0 unspecified atom stereocenters. The van der Waals surface area contributed by atoms with Crippen LogP contribution in [0.15, 0.2) is 53.8 Å². The second-order valence-electron chi connectivity index (χ2n) is 12.9. The fourth-order valence-electron chi connectivity index (χ4n) is 8.47. The summed E-state index contributed by atoms with van der Waals surface area (Å²) in [5, 5.41) is 35.3. The molecular formula is C31H38N2O6. The van der Waals surface area contributed by atoms with Gasteiger partial charge in [-0.3, -0.25) is 9.59 Å². The molecular weight excluding hydrogens is 496 g/mol. The summed E-state index contributed by atoms with van der Waals surface area (Å²) in [4.78, 5) is 29.8. The quantitative estimate of drug-likeness (QED) is 0.293. The molecule has 0 bridgehead atoms. The number of hydrogen-bond donors (Lipinski definition) is 5. The van der Waals surface area contributed by atoms with E-state index in [4.69, 9.17) is 10.5 Å². The van der Waals surface area contributed by atoms with Crippen molar-refractivity contribution in [2.45, 2.75) is 69.8 Å². The van der Waals surface area contributed by atoms with Gasteiger partial charge in [0.05, 0.1) is 12.2 Å². The molecule has 2 saturated carbocycles. The Balaban J connectivity index is 1.32. The molecule has 8 heteroatoms. The fraction of sp³-hybridized carbons (Fsp3) is 0.548. The van der Waals surface area contributed by atoms with E-state index in [2.05, 4.69) is 4.98 Å². The molecule has 1 heterocycles. The first kappa shape index (κ1) is 26.4. The lowest BCUT2D eigenvalue weighted by Gasteiger charge is -2.50. The lowest BCUT2D eigenvalue weighted by atomic mass is 9.60. The molecule has 2 aromatic rings. The van der Waals surface area contributed by atoms with Crippen molar-refractivity contribution in [1.82, 2.24) is 4.98 Å². The average Bonchev–Trinajstić information content (AvgIpc) is 3.11. The maximum Gasteiger partial charge on any atom is 0.323 e. The highest BCUT2D eigenvalue weighted by Gasteiger charge is 2.83. The fourth-order valence-corrected chi connectivity index (χ4v) is 8.47. The molecule has 0 aliphatic heterocycles. The van der Waals surface area contributed by atoms with Crippen molar-refractivity contribution < 1.29 is 29.6 Å². The molecule has 0 saturated heterocycles. The van der Waals surface area contributed by atoms with E-state index in [-0.39, 0.29) is 18.9 Å². The molecule has 1 aromatic carbocycles. The van der Waals surface area contributed by atoms with Crippen LogP contribution in [0.5, 0.6) is 0 Å². The Morgan fingerprint density at radius 2 is 1.95 bits per heavy atom. The van der Waals surface area contributed by atoms with Gasteiger partial charge in [0.15, 0.2) is 5.78 Å². The summed E-state index contributed by atoms with van der Waals surface area (Å²) >= 11 is 0. The van der Waals surface area contributed by atoms with Gasteiger partial charge in [0.2, 0.25) is 0 Å². The Morgan fingerprint density at radius 1 is 1.23 bits per heavy atom. The van der Waals surface area contributed by atoms with Gasteiger partial charge in [-0.25, -0.2) is 0 Å². The summed E-state index contributed by atoms with van der Waals surface area (Å²) < 4.78 is 6.32. The van der Waals surface area contributed by atoms with E-state index in [1.54, 1.807) is 13.0 Å². The summed E-state index contributed by atoms with van der Waals surface area (Å²) in [6, 6.07) is 6.98. The van der Waals surface area contributed by atoms with Gasteiger partial charge in [0.25, 0.3) is 0 Å². The number of aromatic amines is 1. The SMILES string of the molecule is CC1=C[C@H]2[C@@]3(O)[C@H](C)C[C@]4(OC(=O)[C@H](N)Cc5c[nH]c6ccccc56)[C@@H]([C@@H]3C=C(CO)C[C@]2(O)C1=O)C4(C)C. The summed E-state index contributed by atoms with van der Waals surface area (Å²) in [6.07, 6.45) is 6.06. The van der Waals surface area contributed by atoms with Gasteiger partial charge in [0.1, 0.15) is 17.2 Å². The van der Waals surface area contributed by atoms with Crippen LogP contribution in [-0.2, 0) is 20.7 Å². The number of aliphatic hydroxyl groups is 3. The molecule has 2 fully saturated rings. The van der Waals surface area contributed by atoms with Crippen LogP contribution >= 0.6 is 0 Å². The van der Waals surface area contributed by atoms with Gasteiger partial charge < -0.3 is 30.8 Å². The molecule has 208 valence electrons. The number of ether oxygens (including phenoxy) is 1. The largest absolute Gasteiger partial charge is 0.457 e. The molecule has 6 N–H and O–H groups in total. The van der Waals surface area contributed by atoms with Crippen LogP contribution in [0, 0.1) is 29.1 Å². The van der Waals surface area contributed by atoms with Gasteiger partial charge in [0, 0.05) is 53.1 Å². The Labute approximate surface area is 227 Å². The third-order valence-electron chi connectivity index (χ3n) is 10.6. The second kappa shape index (κ2) is 8.36. The minimum Gasteiger partial charge on any atom is -0.457 e. The molecule has 4 aliphatic carbocycles. The van der Waals surface area contributed by atoms with Crippen molar-refractivity contribution in [2.75, 3.05) is 6.61 Å². The van der Waals surface area contributed by atoms with E-state index in [0.29, 0.717) is 24.0 Å². The zero-order chi connectivity index (χ0) is 28.1. The third kappa shape index (κ3) is 3.38. The topological polar surface area (TPSA) is 146 Å². The van der Waals surface area contributed by atoms with E-state index in [1.165, 1.54) is 0 Å². The van der Waals surface area contributed by atoms with Crippen LogP contribution in [-0.4, -0.2) is 61.5 Å². The monoisotopic (exact) mass is 534 g/mol. The molecule has 6 rings (SSSR count). The number of rotatable bonds is 5. The number of aliphatic hydroxyl groups excluding tert-OH is 1. The van der Waals surface area contributed by atoms with Crippen molar-refractivity contribution in [1.29, 1.82) is 0 Å². The van der Waals surface area contributed by atoms with Crippen molar-refractivity contribution in [3.63, 3.8) is 0 Å². The number of Topliss-reactive ketones (excluding diaryl/α,β-unsaturated/α-hetero) is 1. The van der Waals surface area contributed by atoms with Crippen molar-refractivity contribution in [3.8, 4) is 0 Å². The van der Waals surface area contributed by atoms with Crippen LogP contribution in [0.4, 0.5) is 0 Å². The van der Waals surface area contributed by atoms with Crippen molar-refractivity contribution in [3.05, 3.63) is 59.3 Å². The number of para-hydroxylation sites is 1. The highest BCUT2D eigenvalue weighted by Crippen LogP contribution is 2.76. The highest BCUT2D eigenvalue weighted by atomic mass is 16.6. The molecule has 8 nitrogen and oxygen atoms in total. The number of carbonyl (C=O) groups is 2. The van der Waals surface area contributed by atoms with Gasteiger partial charge in [-0.2, -0.15) is 0 Å². The summed E-state index contributed by atoms with van der Waals surface area (Å²) in [5.41, 5.74) is 4.62. The van der Waals surface area contributed by atoms with Crippen LogP contribution in [0.3, 0.4) is 0 Å². The Bertz CT molecular complexity index is 1440. The van der Waals surface area contributed by atoms with Crippen molar-refractivity contribution in [2.24, 2.45) is 34.8 Å². The third-order valence-corrected chi connectivity index (χ3v) is 10.6. The number of aromatic nitrogens is 1. The zero-order valence-corrected chi connectivity index (χ0v) is 22.9. The van der Waals surface area contributed by atoms with Gasteiger partial charge >= 0.3 is 5.97 Å². The van der Waals surface area contributed by atoms with Crippen LogP contribution < -0.4 is 5.73 Å². The van der Waals surface area contributed by atoms with E-state index < -0.39 is 57.8 Å². The predicted octanol–water partition coefficient (Wildman–Crippen LogP) is 2.56. The maximum atomic E-state index is 13.5. The Kier molecular flexibility index (Phi) is 5.67. The molecule has 0 radical (unpaired) electrons. The number of esters is 1. The second-order valence-corrected chi connectivity index (χ2v) is 12.9. The number of carbonyl (C=O) groups excluding carboxylic acids is 2. The lowest BCUT2D eigenvalue weighted by Crippen LogP contribution is -2.61. The predicted molar refractivity (Wildman–Crippen MR) is 145 cm³/mol. The first-order chi connectivity index (χ1) is 18.3. The van der Waals surface area contributed by atoms with E-state index in [1.807, 2.05) is 57.3 Å². The number of ketones is 1. The first-order valence-electron chi connectivity index (χ1n) is 13.8. The van der Waals surface area contributed by atoms with Crippen molar-refractivity contribution >= 4 is 22.7 Å². The number of nitrogens with two attached hydrogens (primary N) is 1. The molecule has 0 amide bonds. The Morgan fingerprint density at radius 3 is 2.67 bits per heavy atom. The summed E-state index contributed by atoms with van der Waals surface area (Å²) in [5.74, 6) is -2.95. The Hall–Kier alpha value is -2.78. The minimum atomic E-state index is -1.81. The normalized spacial score (nSPS) is 39.1. The van der Waals surface area contributed by atoms with E-state index in [0.717, 1.165) is 16.5 Å². The molecule has 4 aliphatic rings. The molecule has 8 atom stereocenters. The van der Waals surface area contributed by atoms with Crippen LogP contribution in [0.1, 0.15) is 46.1 Å². The average molecular weight is 535 g/mol.